The molecule has 1 N–H and O–H groups in total. The number of hydrogen-bond acceptors (Lipinski definition) is 1. The van der Waals surface area contributed by atoms with Gasteiger partial charge in [0.15, 0.2) is 0 Å². The molecule has 0 spiro atoms. The van der Waals surface area contributed by atoms with E-state index in [1.54, 1.807) is 0 Å². The number of hydrogen-bond donors (Lipinski definition) is 1. The Morgan fingerprint density at radius 2 is 0.909 bits per heavy atom. The summed E-state index contributed by atoms with van der Waals surface area (Å²) in [6, 6.07) is 43.7. The van der Waals surface area contributed by atoms with Crippen LogP contribution in [0.2, 0.25) is 0 Å². The molecule has 6 aromatic rings. The number of benzene rings is 6. The maximum atomic E-state index is 11.8. The van der Waals surface area contributed by atoms with Crippen LogP contribution in [0.3, 0.4) is 0 Å². The van der Waals surface area contributed by atoms with Crippen molar-refractivity contribution in [3.8, 4) is 39.1 Å². The largest absolute Gasteiger partial charge is 0.507 e. The zero-order valence-electron chi connectivity index (χ0n) is 18.1. The molecule has 0 bridgehead atoms. The van der Waals surface area contributed by atoms with Crippen molar-refractivity contribution in [1.82, 2.24) is 0 Å². The van der Waals surface area contributed by atoms with Gasteiger partial charge in [-0.2, -0.15) is 0 Å². The first-order chi connectivity index (χ1) is 16.3. The van der Waals surface area contributed by atoms with Crippen molar-refractivity contribution in [2.24, 2.45) is 0 Å². The number of fused-ring (bicyclic) bond motifs is 2. The Morgan fingerprint density at radius 1 is 0.394 bits per heavy atom. The van der Waals surface area contributed by atoms with E-state index >= 15 is 0 Å². The molecule has 0 aliphatic rings. The normalized spacial score (nSPS) is 11.2. The Morgan fingerprint density at radius 3 is 1.58 bits per heavy atom. The van der Waals surface area contributed by atoms with Crippen LogP contribution in [0, 0.1) is 0 Å². The van der Waals surface area contributed by atoms with Crippen molar-refractivity contribution in [3.05, 3.63) is 127 Å². The highest BCUT2D eigenvalue weighted by molar-refractivity contribution is 6.14. The number of phenolic OH excluding ortho intramolecular Hbond substituents is 1. The summed E-state index contributed by atoms with van der Waals surface area (Å²) in [5.41, 5.74) is 6.03. The van der Waals surface area contributed by atoms with Crippen molar-refractivity contribution < 1.29 is 5.11 Å². The summed E-state index contributed by atoms with van der Waals surface area (Å²) in [6.07, 6.45) is 0. The van der Waals surface area contributed by atoms with E-state index < -0.39 is 0 Å². The molecule has 6 aromatic carbocycles. The standard InChI is InChI=1S/C32H22O/c33-32-29(23-13-5-2-6-14-23)21-25-16-8-10-18-27(25)31(32)30-26-17-9-7-15-24(26)19-20-28(30)22-11-3-1-4-12-22/h1-21,33H. The Hall–Kier alpha value is -4.36. The summed E-state index contributed by atoms with van der Waals surface area (Å²) >= 11 is 0. The van der Waals surface area contributed by atoms with Gasteiger partial charge in [-0.05, 0) is 44.3 Å². The van der Waals surface area contributed by atoms with E-state index in [0.29, 0.717) is 5.75 Å². The van der Waals surface area contributed by atoms with E-state index in [2.05, 4.69) is 97.1 Å². The molecule has 0 fully saturated rings. The second kappa shape index (κ2) is 7.96. The summed E-state index contributed by atoms with van der Waals surface area (Å²) in [7, 11) is 0. The van der Waals surface area contributed by atoms with Gasteiger partial charge in [0.25, 0.3) is 0 Å². The monoisotopic (exact) mass is 422 g/mol. The molecule has 0 aliphatic carbocycles. The summed E-state index contributed by atoms with van der Waals surface area (Å²) in [5, 5.41) is 16.3. The summed E-state index contributed by atoms with van der Waals surface area (Å²) in [5.74, 6) is 0.313. The van der Waals surface area contributed by atoms with Crippen LogP contribution < -0.4 is 0 Å². The quantitative estimate of drug-likeness (QED) is 0.302. The van der Waals surface area contributed by atoms with E-state index in [1.807, 2.05) is 30.3 Å². The zero-order chi connectivity index (χ0) is 22.2. The molecule has 0 aliphatic heterocycles. The van der Waals surface area contributed by atoms with Gasteiger partial charge in [0.1, 0.15) is 5.75 Å². The molecule has 0 radical (unpaired) electrons. The van der Waals surface area contributed by atoms with Crippen LogP contribution in [0.1, 0.15) is 0 Å². The third kappa shape index (κ3) is 3.26. The number of phenols is 1. The minimum absolute atomic E-state index is 0.313. The van der Waals surface area contributed by atoms with Gasteiger partial charge in [-0.25, -0.2) is 0 Å². The van der Waals surface area contributed by atoms with Crippen molar-refractivity contribution in [2.45, 2.75) is 0 Å². The first-order valence-electron chi connectivity index (χ1n) is 11.2. The molecule has 6 rings (SSSR count). The Balaban J connectivity index is 1.80. The molecule has 156 valence electrons. The lowest BCUT2D eigenvalue weighted by atomic mass is 9.85. The summed E-state index contributed by atoms with van der Waals surface area (Å²) in [6.45, 7) is 0. The number of aromatic hydroxyl groups is 1. The molecular formula is C32H22O. The SMILES string of the molecule is Oc1c(-c2ccccc2)cc2ccccc2c1-c1c(-c2ccccc2)ccc2ccccc12. The molecule has 0 heterocycles. The average molecular weight is 423 g/mol. The average Bonchev–Trinajstić information content (AvgIpc) is 2.89. The van der Waals surface area contributed by atoms with Crippen LogP contribution in [0.5, 0.6) is 5.75 Å². The van der Waals surface area contributed by atoms with Gasteiger partial charge in [0.2, 0.25) is 0 Å². The van der Waals surface area contributed by atoms with Crippen LogP contribution in [-0.2, 0) is 0 Å². The highest BCUT2D eigenvalue weighted by Crippen LogP contribution is 2.48. The molecule has 0 amide bonds. The first-order valence-corrected chi connectivity index (χ1v) is 11.2. The fraction of sp³-hybridized carbons (Fsp3) is 0. The molecule has 0 saturated carbocycles. The van der Waals surface area contributed by atoms with Crippen molar-refractivity contribution in [1.29, 1.82) is 0 Å². The molecule has 1 nitrogen and oxygen atoms in total. The summed E-state index contributed by atoms with van der Waals surface area (Å²) < 4.78 is 0. The fourth-order valence-electron chi connectivity index (χ4n) is 4.83. The number of rotatable bonds is 3. The smallest absolute Gasteiger partial charge is 0.131 e. The summed E-state index contributed by atoms with van der Waals surface area (Å²) in [4.78, 5) is 0. The molecule has 0 aromatic heterocycles. The second-order valence-electron chi connectivity index (χ2n) is 8.31. The lowest BCUT2D eigenvalue weighted by molar-refractivity contribution is 0.480. The van der Waals surface area contributed by atoms with Crippen LogP contribution >= 0.6 is 0 Å². The maximum absolute atomic E-state index is 11.8. The van der Waals surface area contributed by atoms with Crippen LogP contribution in [0.25, 0.3) is 54.9 Å². The van der Waals surface area contributed by atoms with E-state index in [0.717, 1.165) is 54.9 Å². The first kappa shape index (κ1) is 19.3. The lowest BCUT2D eigenvalue weighted by Crippen LogP contribution is -1.92. The van der Waals surface area contributed by atoms with Gasteiger partial charge >= 0.3 is 0 Å². The predicted molar refractivity (Wildman–Crippen MR) is 139 cm³/mol. The second-order valence-corrected chi connectivity index (χ2v) is 8.31. The van der Waals surface area contributed by atoms with Crippen LogP contribution in [-0.4, -0.2) is 5.11 Å². The van der Waals surface area contributed by atoms with Gasteiger partial charge in [-0.3, -0.25) is 0 Å². The highest BCUT2D eigenvalue weighted by Gasteiger charge is 2.20. The van der Waals surface area contributed by atoms with E-state index in [9.17, 15) is 5.11 Å². The van der Waals surface area contributed by atoms with Crippen molar-refractivity contribution in [3.63, 3.8) is 0 Å². The van der Waals surface area contributed by atoms with E-state index in [4.69, 9.17) is 0 Å². The van der Waals surface area contributed by atoms with Gasteiger partial charge in [-0.15, -0.1) is 0 Å². The van der Waals surface area contributed by atoms with Gasteiger partial charge < -0.3 is 5.11 Å². The molecule has 0 unspecified atom stereocenters. The zero-order valence-corrected chi connectivity index (χ0v) is 18.1. The topological polar surface area (TPSA) is 20.2 Å². The maximum Gasteiger partial charge on any atom is 0.131 e. The van der Waals surface area contributed by atoms with Gasteiger partial charge in [0, 0.05) is 16.7 Å². The highest BCUT2D eigenvalue weighted by atomic mass is 16.3. The molecular weight excluding hydrogens is 400 g/mol. The lowest BCUT2D eigenvalue weighted by Gasteiger charge is -2.19. The Bertz CT molecular complexity index is 1600. The minimum Gasteiger partial charge on any atom is -0.507 e. The third-order valence-electron chi connectivity index (χ3n) is 6.37. The van der Waals surface area contributed by atoms with Crippen LogP contribution in [0.4, 0.5) is 0 Å². The van der Waals surface area contributed by atoms with E-state index in [-0.39, 0.29) is 0 Å². The molecule has 0 saturated heterocycles. The molecule has 1 heteroatoms. The van der Waals surface area contributed by atoms with Gasteiger partial charge in [0.05, 0.1) is 0 Å². The third-order valence-corrected chi connectivity index (χ3v) is 6.37. The van der Waals surface area contributed by atoms with Crippen molar-refractivity contribution in [2.75, 3.05) is 0 Å². The molecule has 33 heavy (non-hydrogen) atoms. The van der Waals surface area contributed by atoms with Gasteiger partial charge in [-0.1, -0.05) is 121 Å². The molecule has 0 atom stereocenters. The predicted octanol–water partition coefficient (Wildman–Crippen LogP) is 8.70. The van der Waals surface area contributed by atoms with E-state index in [1.165, 1.54) is 0 Å². The Labute approximate surface area is 193 Å². The minimum atomic E-state index is 0.313. The van der Waals surface area contributed by atoms with Crippen LogP contribution in [0.15, 0.2) is 127 Å². The van der Waals surface area contributed by atoms with Crippen molar-refractivity contribution >= 4 is 21.5 Å². The fourth-order valence-corrected chi connectivity index (χ4v) is 4.83. The Kier molecular flexibility index (Phi) is 4.66.